The van der Waals surface area contributed by atoms with Crippen LogP contribution >= 0.6 is 0 Å². The van der Waals surface area contributed by atoms with Gasteiger partial charge in [0.1, 0.15) is 0 Å². The number of rotatable bonds is 1. The van der Waals surface area contributed by atoms with E-state index in [4.69, 9.17) is 0 Å². The van der Waals surface area contributed by atoms with E-state index < -0.39 is 0 Å². The maximum atomic E-state index is 3.03. The van der Waals surface area contributed by atoms with E-state index in [0.29, 0.717) is 0 Å². The van der Waals surface area contributed by atoms with Gasteiger partial charge < -0.3 is 6.08 Å². The van der Waals surface area contributed by atoms with Crippen LogP contribution in [0.5, 0.6) is 0 Å². The van der Waals surface area contributed by atoms with Crippen molar-refractivity contribution in [1.82, 2.24) is 0 Å². The first-order valence-electron chi connectivity index (χ1n) is 2.31. The first-order chi connectivity index (χ1) is 2.81. The predicted octanol–water partition coefficient (Wildman–Crippen LogP) is 2.16. The molecular weight excluding hydrogens is 161 g/mol. The summed E-state index contributed by atoms with van der Waals surface area (Å²) in [5.41, 5.74) is 1.34. The first kappa shape index (κ1) is 10.8. The van der Waals surface area contributed by atoms with Crippen molar-refractivity contribution in [2.75, 3.05) is 0 Å². The molecule has 0 aromatic carbocycles. The summed E-state index contributed by atoms with van der Waals surface area (Å²) in [7, 11) is 0. The van der Waals surface area contributed by atoms with Gasteiger partial charge >= 0.3 is 0 Å². The Morgan fingerprint density at radius 3 is 2.00 bits per heavy atom. The molecule has 0 nitrogen and oxygen atoms in total. The molecule has 0 rings (SSSR count). The molecule has 0 fully saturated rings. The summed E-state index contributed by atoms with van der Waals surface area (Å²) in [6, 6.07) is 0. The van der Waals surface area contributed by atoms with Crippen LogP contribution in [0, 0.1) is 6.08 Å². The minimum absolute atomic E-state index is 0. The van der Waals surface area contributed by atoms with E-state index in [1.807, 2.05) is 6.92 Å². The molecule has 39 valence electrons. The van der Waals surface area contributed by atoms with Gasteiger partial charge in [-0.15, -0.1) is 0 Å². The zero-order valence-corrected chi connectivity index (χ0v) is 8.12. The summed E-state index contributed by atoms with van der Waals surface area (Å²) in [6.45, 7) is 6.16. The normalized spacial score (nSPS) is 10.4. The summed E-state index contributed by atoms with van der Waals surface area (Å²) in [5, 5.41) is 0. The topological polar surface area (TPSA) is 0 Å². The Balaban J connectivity index is 0. The molecule has 0 saturated heterocycles. The average Bonchev–Trinajstić information content (AvgIpc) is 1.65. The molecule has 0 atom stereocenters. The standard InChI is InChI=1S/C6H11.Y/c1-4-6(3)5-2;/h4H2,1-3H3;/q-1;. The van der Waals surface area contributed by atoms with E-state index in [2.05, 4.69) is 19.9 Å². The SMILES string of the molecule is C[C-]=C(C)CC.[Y]. The Kier molecular flexibility index (Phi) is 10.5. The fourth-order valence-corrected chi connectivity index (χ4v) is 0.177. The molecule has 1 radical (unpaired) electrons. The van der Waals surface area contributed by atoms with E-state index in [0.717, 1.165) is 6.42 Å². The minimum Gasteiger partial charge on any atom is -0.501 e. The van der Waals surface area contributed by atoms with Gasteiger partial charge in [0.2, 0.25) is 0 Å². The van der Waals surface area contributed by atoms with Gasteiger partial charge in [-0.2, -0.15) is 6.92 Å². The summed E-state index contributed by atoms with van der Waals surface area (Å²) in [4.78, 5) is 0. The second kappa shape index (κ2) is 6.84. The number of hydrogen-bond acceptors (Lipinski definition) is 0. The zero-order chi connectivity index (χ0) is 4.99. The van der Waals surface area contributed by atoms with Gasteiger partial charge in [0.05, 0.1) is 0 Å². The molecule has 0 aliphatic heterocycles. The van der Waals surface area contributed by atoms with Crippen molar-refractivity contribution in [3.8, 4) is 0 Å². The quantitative estimate of drug-likeness (QED) is 0.531. The Hall–Kier alpha value is 0.844. The molecule has 0 aliphatic carbocycles. The van der Waals surface area contributed by atoms with Crippen LogP contribution in [0.3, 0.4) is 0 Å². The van der Waals surface area contributed by atoms with Gasteiger partial charge in [-0.1, -0.05) is 20.3 Å². The van der Waals surface area contributed by atoms with Crippen LogP contribution in [0.1, 0.15) is 27.2 Å². The number of hydrogen-bond donors (Lipinski definition) is 0. The Labute approximate surface area is 71.3 Å². The fraction of sp³-hybridized carbons (Fsp3) is 0.667. The van der Waals surface area contributed by atoms with Gasteiger partial charge in [0.25, 0.3) is 0 Å². The van der Waals surface area contributed by atoms with Crippen molar-refractivity contribution in [2.24, 2.45) is 0 Å². The third-order valence-electron chi connectivity index (χ3n) is 0.957. The van der Waals surface area contributed by atoms with Crippen LogP contribution < -0.4 is 0 Å². The number of allylic oxidation sites excluding steroid dienone is 2. The van der Waals surface area contributed by atoms with Crippen molar-refractivity contribution in [2.45, 2.75) is 27.2 Å². The summed E-state index contributed by atoms with van der Waals surface area (Å²) in [5.74, 6) is 0. The fourth-order valence-electron chi connectivity index (χ4n) is 0.177. The Morgan fingerprint density at radius 1 is 1.57 bits per heavy atom. The maximum Gasteiger partial charge on any atom is 0 e. The average molecular weight is 172 g/mol. The predicted molar refractivity (Wildman–Crippen MR) is 28.4 cm³/mol. The molecule has 0 saturated carbocycles. The third kappa shape index (κ3) is 6.84. The molecule has 0 bridgehead atoms. The molecule has 0 aromatic rings. The molecular formula is C6H11Y-. The molecule has 0 N–H and O–H groups in total. The van der Waals surface area contributed by atoms with Crippen LogP contribution in [0.2, 0.25) is 0 Å². The van der Waals surface area contributed by atoms with Crippen LogP contribution in [0.15, 0.2) is 5.57 Å². The molecule has 0 heterocycles. The first-order valence-corrected chi connectivity index (χ1v) is 2.31. The molecule has 1 heteroatoms. The van der Waals surface area contributed by atoms with Gasteiger partial charge in [0.15, 0.2) is 0 Å². The second-order valence-electron chi connectivity index (χ2n) is 1.38. The van der Waals surface area contributed by atoms with E-state index >= 15 is 0 Å². The molecule has 0 amide bonds. The maximum absolute atomic E-state index is 3.03. The summed E-state index contributed by atoms with van der Waals surface area (Å²) >= 11 is 0. The second-order valence-corrected chi connectivity index (χ2v) is 1.38. The van der Waals surface area contributed by atoms with Gasteiger partial charge in [-0.3, -0.25) is 5.57 Å². The largest absolute Gasteiger partial charge is 0.501 e. The van der Waals surface area contributed by atoms with Crippen molar-refractivity contribution in [3.63, 3.8) is 0 Å². The molecule has 7 heavy (non-hydrogen) atoms. The van der Waals surface area contributed by atoms with Crippen molar-refractivity contribution < 1.29 is 32.7 Å². The van der Waals surface area contributed by atoms with Crippen molar-refractivity contribution in [3.05, 3.63) is 11.6 Å². The minimum atomic E-state index is 0. The third-order valence-corrected chi connectivity index (χ3v) is 0.957. The molecule has 0 spiro atoms. The summed E-state index contributed by atoms with van der Waals surface area (Å²) < 4.78 is 0. The zero-order valence-electron chi connectivity index (χ0n) is 5.28. The van der Waals surface area contributed by atoms with Crippen LogP contribution in [0.25, 0.3) is 0 Å². The van der Waals surface area contributed by atoms with Crippen LogP contribution in [0.4, 0.5) is 0 Å². The molecule has 0 aromatic heterocycles. The van der Waals surface area contributed by atoms with E-state index in [1.54, 1.807) is 0 Å². The van der Waals surface area contributed by atoms with Crippen LogP contribution in [-0.4, -0.2) is 0 Å². The molecule has 0 unspecified atom stereocenters. The smallest absolute Gasteiger partial charge is 0 e. The molecule has 0 aliphatic rings. The Bertz CT molecular complexity index is 55.2. The van der Waals surface area contributed by atoms with Gasteiger partial charge in [0, 0.05) is 32.7 Å². The van der Waals surface area contributed by atoms with Crippen molar-refractivity contribution >= 4 is 0 Å². The van der Waals surface area contributed by atoms with Crippen molar-refractivity contribution in [1.29, 1.82) is 0 Å². The van der Waals surface area contributed by atoms with Gasteiger partial charge in [-0.05, 0) is 0 Å². The van der Waals surface area contributed by atoms with E-state index in [-0.39, 0.29) is 32.7 Å². The summed E-state index contributed by atoms with van der Waals surface area (Å²) in [6.07, 6.45) is 4.17. The van der Waals surface area contributed by atoms with Gasteiger partial charge in [-0.25, -0.2) is 0 Å². The Morgan fingerprint density at radius 2 is 2.00 bits per heavy atom. The van der Waals surface area contributed by atoms with E-state index in [9.17, 15) is 0 Å². The van der Waals surface area contributed by atoms with Crippen LogP contribution in [-0.2, 0) is 32.7 Å². The monoisotopic (exact) mass is 172 g/mol. The van der Waals surface area contributed by atoms with E-state index in [1.165, 1.54) is 5.57 Å².